The van der Waals surface area contributed by atoms with Gasteiger partial charge in [0.2, 0.25) is 0 Å². The summed E-state index contributed by atoms with van der Waals surface area (Å²) in [5.41, 5.74) is 5.94. The molecule has 4 heterocycles. The molecule has 0 aliphatic carbocycles. The monoisotopic (exact) mass is 457 g/mol. The lowest BCUT2D eigenvalue weighted by atomic mass is 10.1. The molecule has 1 fully saturated rings. The summed E-state index contributed by atoms with van der Waals surface area (Å²) >= 11 is 0. The molecular weight excluding hydrogens is 426 g/mol. The van der Waals surface area contributed by atoms with Crippen molar-refractivity contribution < 1.29 is 4.74 Å². The summed E-state index contributed by atoms with van der Waals surface area (Å²) in [6.07, 6.45) is 5.87. The summed E-state index contributed by atoms with van der Waals surface area (Å²) in [6, 6.07) is 10.8. The number of rotatable bonds is 7. The molecule has 1 saturated heterocycles. The third-order valence-electron chi connectivity index (χ3n) is 6.22. The molecule has 34 heavy (non-hydrogen) atoms. The fourth-order valence-corrected chi connectivity index (χ4v) is 4.47. The number of H-pyrrole nitrogens is 1. The minimum absolute atomic E-state index is 0.0461. The zero-order chi connectivity index (χ0) is 23.5. The van der Waals surface area contributed by atoms with Crippen molar-refractivity contribution in [1.82, 2.24) is 35.1 Å². The molecule has 4 aromatic rings. The second kappa shape index (κ2) is 9.87. The average Bonchev–Trinajstić information content (AvgIpc) is 3.25. The van der Waals surface area contributed by atoms with Gasteiger partial charge < -0.3 is 15.0 Å². The number of fused-ring (bicyclic) bond motifs is 1. The van der Waals surface area contributed by atoms with Gasteiger partial charge in [0.1, 0.15) is 17.8 Å². The number of nitrogens with zero attached hydrogens (tertiary/aromatic N) is 5. The molecule has 1 aliphatic rings. The number of hydrogen-bond donors (Lipinski definition) is 2. The Balaban J connectivity index is 1.37. The van der Waals surface area contributed by atoms with Gasteiger partial charge in [-0.25, -0.2) is 15.0 Å². The van der Waals surface area contributed by atoms with Crippen LogP contribution >= 0.6 is 0 Å². The van der Waals surface area contributed by atoms with Crippen LogP contribution in [0.25, 0.3) is 22.3 Å². The van der Waals surface area contributed by atoms with Crippen LogP contribution in [0.5, 0.6) is 5.75 Å². The highest BCUT2D eigenvalue weighted by Crippen LogP contribution is 2.30. The number of ether oxygens (including phenoxy) is 1. The molecule has 8 heteroatoms. The molecule has 0 amide bonds. The van der Waals surface area contributed by atoms with Gasteiger partial charge >= 0.3 is 0 Å². The normalized spacial score (nSPS) is 15.6. The molecule has 1 aromatic carbocycles. The molecule has 0 saturated carbocycles. The second-order valence-corrected chi connectivity index (χ2v) is 9.04. The Morgan fingerprint density at radius 2 is 1.91 bits per heavy atom. The van der Waals surface area contributed by atoms with Crippen LogP contribution in [0, 0.1) is 0 Å². The maximum absolute atomic E-state index is 5.90. The van der Waals surface area contributed by atoms with Crippen molar-refractivity contribution in [1.29, 1.82) is 0 Å². The smallest absolute Gasteiger partial charge is 0.164 e. The van der Waals surface area contributed by atoms with Gasteiger partial charge in [-0.15, -0.1) is 0 Å². The first-order valence-corrected chi connectivity index (χ1v) is 11.9. The van der Waals surface area contributed by atoms with Gasteiger partial charge in [0.25, 0.3) is 0 Å². The van der Waals surface area contributed by atoms with Crippen molar-refractivity contribution in [3.63, 3.8) is 0 Å². The average molecular weight is 458 g/mol. The molecule has 1 atom stereocenters. The summed E-state index contributed by atoms with van der Waals surface area (Å²) in [5.74, 6) is 1.57. The summed E-state index contributed by atoms with van der Waals surface area (Å²) in [7, 11) is 0. The van der Waals surface area contributed by atoms with E-state index < -0.39 is 0 Å². The molecule has 2 N–H and O–H groups in total. The number of aromatic nitrogens is 5. The number of benzene rings is 1. The van der Waals surface area contributed by atoms with E-state index in [2.05, 4.69) is 55.3 Å². The number of nitrogens with one attached hydrogen (secondary N) is 2. The molecule has 5 rings (SSSR count). The third-order valence-corrected chi connectivity index (χ3v) is 6.22. The third kappa shape index (κ3) is 4.93. The Labute approximate surface area is 199 Å². The highest BCUT2D eigenvalue weighted by molar-refractivity contribution is 5.82. The maximum atomic E-state index is 5.90. The SMILES string of the molecule is CC(C)Oc1cncnc1-c1ccc2nc(Cc3cc(C(C)N4CCNCC4)ccn3)[nH]c2c1. The molecule has 1 unspecified atom stereocenters. The lowest BCUT2D eigenvalue weighted by molar-refractivity contribution is 0.185. The summed E-state index contributed by atoms with van der Waals surface area (Å²) < 4.78 is 5.90. The Morgan fingerprint density at radius 3 is 2.74 bits per heavy atom. The molecule has 0 radical (unpaired) electrons. The van der Waals surface area contributed by atoms with Gasteiger partial charge in [-0.3, -0.25) is 9.88 Å². The highest BCUT2D eigenvalue weighted by Gasteiger charge is 2.18. The predicted octanol–water partition coefficient (Wildman–Crippen LogP) is 3.76. The zero-order valence-electron chi connectivity index (χ0n) is 20.0. The van der Waals surface area contributed by atoms with E-state index in [9.17, 15) is 0 Å². The number of pyridine rings is 1. The van der Waals surface area contributed by atoms with E-state index in [-0.39, 0.29) is 6.10 Å². The molecular formula is C26H31N7O. The van der Waals surface area contributed by atoms with Crippen LogP contribution in [0.1, 0.15) is 43.9 Å². The van der Waals surface area contributed by atoms with Crippen molar-refractivity contribution in [2.45, 2.75) is 39.3 Å². The Morgan fingerprint density at radius 1 is 1.06 bits per heavy atom. The number of hydrogen-bond acceptors (Lipinski definition) is 7. The topological polar surface area (TPSA) is 91.8 Å². The second-order valence-electron chi connectivity index (χ2n) is 9.04. The molecule has 0 spiro atoms. The van der Waals surface area contributed by atoms with Crippen LogP contribution < -0.4 is 10.1 Å². The number of imidazole rings is 1. The van der Waals surface area contributed by atoms with E-state index in [1.54, 1.807) is 12.5 Å². The predicted molar refractivity (Wildman–Crippen MR) is 133 cm³/mol. The van der Waals surface area contributed by atoms with Crippen LogP contribution in [0.3, 0.4) is 0 Å². The van der Waals surface area contributed by atoms with Crippen LogP contribution in [0.4, 0.5) is 0 Å². The van der Waals surface area contributed by atoms with Gasteiger partial charge in [0, 0.05) is 56.1 Å². The first-order chi connectivity index (χ1) is 16.6. The van der Waals surface area contributed by atoms with Crippen molar-refractivity contribution in [3.05, 3.63) is 66.1 Å². The van der Waals surface area contributed by atoms with Gasteiger partial charge in [-0.1, -0.05) is 6.07 Å². The standard InChI is InChI=1S/C26H31N7O/c1-17(2)34-24-15-28-16-30-26(24)20-4-5-22-23(13-20)32-25(31-22)14-21-12-19(6-7-29-21)18(3)33-10-8-27-9-11-33/h4-7,12-13,15-18,27H,8-11,14H2,1-3H3,(H,31,32). The van der Waals surface area contributed by atoms with E-state index in [0.29, 0.717) is 18.2 Å². The molecule has 0 bridgehead atoms. The Kier molecular flexibility index (Phi) is 6.51. The van der Waals surface area contributed by atoms with Crippen molar-refractivity contribution in [2.24, 2.45) is 0 Å². The van der Waals surface area contributed by atoms with E-state index >= 15 is 0 Å². The summed E-state index contributed by atoms with van der Waals surface area (Å²) in [4.78, 5) is 24.0. The number of aromatic amines is 1. The van der Waals surface area contributed by atoms with Crippen LogP contribution in [-0.2, 0) is 6.42 Å². The van der Waals surface area contributed by atoms with Gasteiger partial charge in [-0.2, -0.15) is 0 Å². The minimum Gasteiger partial charge on any atom is -0.487 e. The van der Waals surface area contributed by atoms with E-state index in [0.717, 1.165) is 60.0 Å². The fraction of sp³-hybridized carbons (Fsp3) is 0.385. The van der Waals surface area contributed by atoms with Crippen molar-refractivity contribution in [2.75, 3.05) is 26.2 Å². The molecule has 176 valence electrons. The van der Waals surface area contributed by atoms with E-state index in [1.165, 1.54) is 5.56 Å². The first-order valence-electron chi connectivity index (χ1n) is 11.9. The van der Waals surface area contributed by atoms with Crippen molar-refractivity contribution >= 4 is 11.0 Å². The lowest BCUT2D eigenvalue weighted by Crippen LogP contribution is -2.44. The maximum Gasteiger partial charge on any atom is 0.164 e. The molecule has 1 aliphatic heterocycles. The summed E-state index contributed by atoms with van der Waals surface area (Å²) in [6.45, 7) is 10.5. The molecule has 3 aromatic heterocycles. The highest BCUT2D eigenvalue weighted by atomic mass is 16.5. The van der Waals surface area contributed by atoms with Crippen LogP contribution in [0.15, 0.2) is 49.1 Å². The Hall–Kier alpha value is -3.36. The van der Waals surface area contributed by atoms with Crippen LogP contribution in [0.2, 0.25) is 0 Å². The van der Waals surface area contributed by atoms with Crippen LogP contribution in [-0.4, -0.2) is 62.1 Å². The zero-order valence-corrected chi connectivity index (χ0v) is 20.0. The lowest BCUT2D eigenvalue weighted by Gasteiger charge is -2.33. The fourth-order valence-electron chi connectivity index (χ4n) is 4.47. The number of piperazine rings is 1. The van der Waals surface area contributed by atoms with E-state index in [1.807, 2.05) is 32.2 Å². The van der Waals surface area contributed by atoms with Gasteiger partial charge in [0.05, 0.1) is 23.3 Å². The first kappa shape index (κ1) is 22.4. The largest absolute Gasteiger partial charge is 0.487 e. The quantitative estimate of drug-likeness (QED) is 0.437. The van der Waals surface area contributed by atoms with Gasteiger partial charge in [-0.05, 0) is 50.6 Å². The van der Waals surface area contributed by atoms with E-state index in [4.69, 9.17) is 9.72 Å². The van der Waals surface area contributed by atoms with Gasteiger partial charge in [0.15, 0.2) is 5.75 Å². The Bertz CT molecular complexity index is 1260. The molecule has 8 nitrogen and oxygen atoms in total. The summed E-state index contributed by atoms with van der Waals surface area (Å²) in [5, 5.41) is 3.42. The van der Waals surface area contributed by atoms with Crippen molar-refractivity contribution in [3.8, 4) is 17.0 Å². The minimum atomic E-state index is 0.0461.